The molecule has 0 radical (unpaired) electrons. The normalized spacial score (nSPS) is 10.0. The van der Waals surface area contributed by atoms with Crippen molar-refractivity contribution in [2.75, 3.05) is 26.0 Å². The van der Waals surface area contributed by atoms with Crippen LogP contribution in [0.1, 0.15) is 22.8 Å². The van der Waals surface area contributed by atoms with Crippen LogP contribution >= 0.6 is 12.2 Å². The molecule has 2 rings (SSSR count). The monoisotopic (exact) mass is 357 g/mol. The Hall–Kier alpha value is -2.60. The number of benzene rings is 2. The molecule has 6 heteroatoms. The largest absolute Gasteiger partial charge is 0.494 e. The molecule has 132 valence electrons. The Kier molecular flexibility index (Phi) is 6.77. The van der Waals surface area contributed by atoms with Gasteiger partial charge >= 0.3 is 0 Å². The molecule has 0 saturated carbocycles. The third-order valence-corrected chi connectivity index (χ3v) is 3.75. The number of hydrogen-bond donors (Lipinski definition) is 2. The molecule has 5 nitrogen and oxygen atoms in total. The van der Waals surface area contributed by atoms with E-state index in [1.165, 1.54) is 0 Å². The number of amides is 1. The summed E-state index contributed by atoms with van der Waals surface area (Å²) < 4.78 is 5.60. The van der Waals surface area contributed by atoms with Crippen LogP contribution in [0.4, 0.5) is 5.69 Å². The van der Waals surface area contributed by atoms with Crippen LogP contribution in [0.5, 0.6) is 5.75 Å². The molecule has 2 aromatic carbocycles. The van der Waals surface area contributed by atoms with Crippen molar-refractivity contribution < 1.29 is 9.53 Å². The molecular formula is C19H23N3O2S. The molecule has 0 aliphatic heterocycles. The Balaban J connectivity index is 1.91. The number of hydrogen-bond acceptors (Lipinski definition) is 3. The summed E-state index contributed by atoms with van der Waals surface area (Å²) in [6.07, 6.45) is 0. The smallest absolute Gasteiger partial charge is 0.253 e. The number of para-hydroxylation sites is 1. The maximum Gasteiger partial charge on any atom is 0.253 e. The van der Waals surface area contributed by atoms with E-state index in [0.717, 1.165) is 17.0 Å². The molecule has 0 fully saturated rings. The van der Waals surface area contributed by atoms with Gasteiger partial charge in [-0.25, -0.2) is 0 Å². The number of carbonyl (C=O) groups excluding carboxylic acids is 1. The van der Waals surface area contributed by atoms with E-state index in [-0.39, 0.29) is 5.91 Å². The second kappa shape index (κ2) is 9.03. The molecule has 2 N–H and O–H groups in total. The Morgan fingerprint density at radius 3 is 2.44 bits per heavy atom. The van der Waals surface area contributed by atoms with Crippen molar-refractivity contribution in [3.8, 4) is 5.75 Å². The number of thiocarbonyl (C=S) groups is 1. The van der Waals surface area contributed by atoms with E-state index in [1.807, 2.05) is 43.3 Å². The van der Waals surface area contributed by atoms with Gasteiger partial charge in [-0.05, 0) is 49.5 Å². The molecule has 0 aromatic heterocycles. The summed E-state index contributed by atoms with van der Waals surface area (Å²) in [6.45, 7) is 3.15. The van der Waals surface area contributed by atoms with Crippen molar-refractivity contribution in [3.05, 3.63) is 59.7 Å². The van der Waals surface area contributed by atoms with E-state index in [4.69, 9.17) is 17.0 Å². The summed E-state index contributed by atoms with van der Waals surface area (Å²) in [6, 6.07) is 15.1. The van der Waals surface area contributed by atoms with Gasteiger partial charge in [-0.15, -0.1) is 0 Å². The van der Waals surface area contributed by atoms with Gasteiger partial charge in [-0.2, -0.15) is 0 Å². The standard InChI is InChI=1S/C19H23N3O2S/c1-4-24-17-8-6-5-7-15(17)13-20-19(25)21-16-11-9-14(10-12-16)18(23)22(2)3/h5-12H,4,13H2,1-3H3,(H2,20,21,25). The highest BCUT2D eigenvalue weighted by atomic mass is 32.1. The molecule has 0 heterocycles. The zero-order valence-corrected chi connectivity index (χ0v) is 15.5. The summed E-state index contributed by atoms with van der Waals surface area (Å²) in [4.78, 5) is 13.4. The molecule has 0 unspecified atom stereocenters. The first kappa shape index (κ1) is 18.7. The van der Waals surface area contributed by atoms with Gasteiger partial charge in [0, 0.05) is 37.5 Å². The molecule has 0 bridgehead atoms. The van der Waals surface area contributed by atoms with Crippen molar-refractivity contribution in [2.24, 2.45) is 0 Å². The van der Waals surface area contributed by atoms with Gasteiger partial charge in [-0.1, -0.05) is 18.2 Å². The molecule has 2 aromatic rings. The quantitative estimate of drug-likeness (QED) is 0.777. The number of ether oxygens (including phenoxy) is 1. The first-order valence-corrected chi connectivity index (χ1v) is 8.49. The van der Waals surface area contributed by atoms with E-state index in [0.29, 0.717) is 23.8 Å². The lowest BCUT2D eigenvalue weighted by atomic mass is 10.2. The number of nitrogens with one attached hydrogen (secondary N) is 2. The van der Waals surface area contributed by atoms with Crippen LogP contribution in [0.25, 0.3) is 0 Å². The highest BCUT2D eigenvalue weighted by molar-refractivity contribution is 7.80. The molecule has 0 aliphatic rings. The average Bonchev–Trinajstić information content (AvgIpc) is 2.61. The van der Waals surface area contributed by atoms with Gasteiger partial charge in [0.05, 0.1) is 6.61 Å². The van der Waals surface area contributed by atoms with E-state index in [1.54, 1.807) is 31.1 Å². The first-order chi connectivity index (χ1) is 12.0. The number of carbonyl (C=O) groups is 1. The summed E-state index contributed by atoms with van der Waals surface area (Å²) in [5.74, 6) is 0.826. The maximum absolute atomic E-state index is 11.9. The lowest BCUT2D eigenvalue weighted by Gasteiger charge is -2.14. The zero-order valence-electron chi connectivity index (χ0n) is 14.7. The Labute approximate surface area is 154 Å². The molecule has 1 amide bonds. The third-order valence-electron chi connectivity index (χ3n) is 3.51. The minimum atomic E-state index is -0.0280. The minimum absolute atomic E-state index is 0.0280. The SMILES string of the molecule is CCOc1ccccc1CNC(=S)Nc1ccc(C(=O)N(C)C)cc1. The van der Waals surface area contributed by atoms with Gasteiger partial charge in [0.15, 0.2) is 5.11 Å². The second-order valence-electron chi connectivity index (χ2n) is 5.63. The predicted octanol–water partition coefficient (Wildman–Crippen LogP) is 3.27. The van der Waals surface area contributed by atoms with Crippen LogP contribution < -0.4 is 15.4 Å². The fourth-order valence-electron chi connectivity index (χ4n) is 2.25. The number of nitrogens with zero attached hydrogens (tertiary/aromatic N) is 1. The van der Waals surface area contributed by atoms with Crippen LogP contribution in [-0.2, 0) is 6.54 Å². The zero-order chi connectivity index (χ0) is 18.2. The Morgan fingerprint density at radius 1 is 1.12 bits per heavy atom. The van der Waals surface area contributed by atoms with Crippen molar-refractivity contribution in [2.45, 2.75) is 13.5 Å². The highest BCUT2D eigenvalue weighted by Crippen LogP contribution is 2.17. The summed E-state index contributed by atoms with van der Waals surface area (Å²) >= 11 is 5.33. The predicted molar refractivity (Wildman–Crippen MR) is 105 cm³/mol. The van der Waals surface area contributed by atoms with Gasteiger partial charge in [0.1, 0.15) is 5.75 Å². The van der Waals surface area contributed by atoms with Gasteiger partial charge in [-0.3, -0.25) is 4.79 Å². The lowest BCUT2D eigenvalue weighted by molar-refractivity contribution is 0.0827. The van der Waals surface area contributed by atoms with Crippen molar-refractivity contribution in [3.63, 3.8) is 0 Å². The van der Waals surface area contributed by atoms with Gasteiger partial charge in [0.2, 0.25) is 0 Å². The Bertz CT molecular complexity index is 730. The number of rotatable bonds is 6. The first-order valence-electron chi connectivity index (χ1n) is 8.08. The van der Waals surface area contributed by atoms with Gasteiger partial charge < -0.3 is 20.3 Å². The second-order valence-corrected chi connectivity index (χ2v) is 6.03. The number of anilines is 1. The van der Waals surface area contributed by atoms with Crippen LogP contribution in [-0.4, -0.2) is 36.6 Å². The van der Waals surface area contributed by atoms with E-state index in [2.05, 4.69) is 10.6 Å². The van der Waals surface area contributed by atoms with Crippen LogP contribution in [0.2, 0.25) is 0 Å². The van der Waals surface area contributed by atoms with Gasteiger partial charge in [0.25, 0.3) is 5.91 Å². The fraction of sp³-hybridized carbons (Fsp3) is 0.263. The van der Waals surface area contributed by atoms with Crippen molar-refractivity contribution in [1.29, 1.82) is 0 Å². The molecule has 0 saturated heterocycles. The maximum atomic E-state index is 11.9. The topological polar surface area (TPSA) is 53.6 Å². The highest BCUT2D eigenvalue weighted by Gasteiger charge is 2.08. The molecular weight excluding hydrogens is 334 g/mol. The van der Waals surface area contributed by atoms with Crippen LogP contribution in [0.15, 0.2) is 48.5 Å². The van der Waals surface area contributed by atoms with E-state index >= 15 is 0 Å². The lowest BCUT2D eigenvalue weighted by Crippen LogP contribution is -2.28. The molecule has 0 atom stereocenters. The van der Waals surface area contributed by atoms with Crippen LogP contribution in [0, 0.1) is 0 Å². The van der Waals surface area contributed by atoms with Crippen LogP contribution in [0.3, 0.4) is 0 Å². The van der Waals surface area contributed by atoms with E-state index < -0.39 is 0 Å². The van der Waals surface area contributed by atoms with Crippen molar-refractivity contribution >= 4 is 28.9 Å². The summed E-state index contributed by atoms with van der Waals surface area (Å²) in [7, 11) is 3.46. The minimum Gasteiger partial charge on any atom is -0.494 e. The average molecular weight is 357 g/mol. The third kappa shape index (κ3) is 5.46. The van der Waals surface area contributed by atoms with Crippen molar-refractivity contribution in [1.82, 2.24) is 10.2 Å². The molecule has 0 spiro atoms. The fourth-order valence-corrected chi connectivity index (χ4v) is 2.44. The molecule has 25 heavy (non-hydrogen) atoms. The Morgan fingerprint density at radius 2 is 1.80 bits per heavy atom. The molecule has 0 aliphatic carbocycles. The van der Waals surface area contributed by atoms with E-state index in [9.17, 15) is 4.79 Å². The summed E-state index contributed by atoms with van der Waals surface area (Å²) in [5, 5.41) is 6.79. The summed E-state index contributed by atoms with van der Waals surface area (Å²) in [5.41, 5.74) is 2.51.